The summed E-state index contributed by atoms with van der Waals surface area (Å²) in [5.41, 5.74) is 4.57. The Morgan fingerprint density at radius 3 is 1.82 bits per heavy atom. The van der Waals surface area contributed by atoms with Crippen LogP contribution in [0.15, 0.2) is 84.9 Å². The van der Waals surface area contributed by atoms with Gasteiger partial charge in [0.15, 0.2) is 0 Å². The highest BCUT2D eigenvalue weighted by atomic mass is 14.2. The second-order valence-corrected chi connectivity index (χ2v) is 5.39. The summed E-state index contributed by atoms with van der Waals surface area (Å²) in [5.74, 6) is 0.302. The average molecular weight is 283 g/mol. The highest BCUT2D eigenvalue weighted by Gasteiger charge is 2.14. The van der Waals surface area contributed by atoms with Gasteiger partial charge in [-0.15, -0.1) is 0 Å². The first kappa shape index (κ1) is 14.1. The van der Waals surface area contributed by atoms with E-state index in [2.05, 4.69) is 66.7 Å². The van der Waals surface area contributed by atoms with Crippen LogP contribution in [-0.2, 0) is 6.42 Å². The minimum atomic E-state index is 0.302. The van der Waals surface area contributed by atoms with E-state index in [1.165, 1.54) is 16.7 Å². The highest BCUT2D eigenvalue weighted by Crippen LogP contribution is 2.28. The number of nitriles is 1. The van der Waals surface area contributed by atoms with Crippen LogP contribution in [0.1, 0.15) is 28.2 Å². The molecule has 0 aliphatic heterocycles. The number of rotatable bonds is 4. The van der Waals surface area contributed by atoms with E-state index in [1.807, 2.05) is 24.3 Å². The molecule has 1 atom stereocenters. The topological polar surface area (TPSA) is 23.8 Å². The summed E-state index contributed by atoms with van der Waals surface area (Å²) in [6.07, 6.45) is 0.955. The van der Waals surface area contributed by atoms with Gasteiger partial charge in [0.05, 0.1) is 11.6 Å². The molecule has 0 saturated heterocycles. The molecule has 0 saturated carbocycles. The zero-order chi connectivity index (χ0) is 15.2. The normalized spacial score (nSPS) is 11.6. The van der Waals surface area contributed by atoms with E-state index in [1.54, 1.807) is 0 Å². The van der Waals surface area contributed by atoms with Gasteiger partial charge in [-0.3, -0.25) is 0 Å². The van der Waals surface area contributed by atoms with Crippen molar-refractivity contribution in [2.24, 2.45) is 0 Å². The number of nitrogens with zero attached hydrogens (tertiary/aromatic N) is 1. The summed E-state index contributed by atoms with van der Waals surface area (Å²) in [6, 6.07) is 31.2. The van der Waals surface area contributed by atoms with Crippen molar-refractivity contribution in [2.45, 2.75) is 12.3 Å². The third kappa shape index (κ3) is 3.24. The highest BCUT2D eigenvalue weighted by molar-refractivity contribution is 5.39. The van der Waals surface area contributed by atoms with Crippen molar-refractivity contribution in [3.63, 3.8) is 0 Å². The van der Waals surface area contributed by atoms with Crippen molar-refractivity contribution < 1.29 is 0 Å². The zero-order valence-corrected chi connectivity index (χ0v) is 12.3. The zero-order valence-electron chi connectivity index (χ0n) is 12.3. The largest absolute Gasteiger partial charge is 0.192 e. The molecule has 0 aliphatic carbocycles. The Morgan fingerprint density at radius 2 is 1.23 bits per heavy atom. The quantitative estimate of drug-likeness (QED) is 0.665. The van der Waals surface area contributed by atoms with Crippen molar-refractivity contribution in [2.75, 3.05) is 0 Å². The molecule has 3 aromatic rings. The molecule has 0 radical (unpaired) electrons. The van der Waals surface area contributed by atoms with Crippen LogP contribution in [0.3, 0.4) is 0 Å². The Hall–Kier alpha value is -2.85. The molecular formula is C21H17N. The minimum Gasteiger partial charge on any atom is -0.192 e. The van der Waals surface area contributed by atoms with Crippen LogP contribution in [-0.4, -0.2) is 0 Å². The Morgan fingerprint density at radius 1 is 0.682 bits per heavy atom. The second-order valence-electron chi connectivity index (χ2n) is 5.39. The van der Waals surface area contributed by atoms with Crippen LogP contribution >= 0.6 is 0 Å². The van der Waals surface area contributed by atoms with Crippen LogP contribution in [0.2, 0.25) is 0 Å². The molecule has 0 aromatic heterocycles. The van der Waals surface area contributed by atoms with Crippen LogP contribution in [0.4, 0.5) is 0 Å². The number of hydrogen-bond acceptors (Lipinski definition) is 1. The van der Waals surface area contributed by atoms with Crippen molar-refractivity contribution in [3.05, 3.63) is 107 Å². The first-order chi connectivity index (χ1) is 10.9. The molecule has 3 rings (SSSR count). The van der Waals surface area contributed by atoms with E-state index in [4.69, 9.17) is 5.26 Å². The van der Waals surface area contributed by atoms with E-state index < -0.39 is 0 Å². The van der Waals surface area contributed by atoms with Crippen molar-refractivity contribution in [1.29, 1.82) is 5.26 Å². The third-order valence-electron chi connectivity index (χ3n) is 3.93. The molecular weight excluding hydrogens is 266 g/mol. The molecule has 0 spiro atoms. The summed E-state index contributed by atoms with van der Waals surface area (Å²) in [6.45, 7) is 0. The molecule has 0 bridgehead atoms. The average Bonchev–Trinajstić information content (AvgIpc) is 2.61. The first-order valence-electron chi connectivity index (χ1n) is 7.46. The van der Waals surface area contributed by atoms with E-state index in [0.717, 1.165) is 6.42 Å². The lowest BCUT2D eigenvalue weighted by molar-refractivity contribution is 0.805. The van der Waals surface area contributed by atoms with Crippen molar-refractivity contribution in [3.8, 4) is 6.07 Å². The van der Waals surface area contributed by atoms with Gasteiger partial charge in [-0.25, -0.2) is 0 Å². The van der Waals surface area contributed by atoms with Gasteiger partial charge in [0.25, 0.3) is 0 Å². The maximum absolute atomic E-state index is 8.97. The Balaban J connectivity index is 1.97. The van der Waals surface area contributed by atoms with Gasteiger partial charge >= 0.3 is 0 Å². The summed E-state index contributed by atoms with van der Waals surface area (Å²) in [7, 11) is 0. The Bertz CT molecular complexity index is 753. The van der Waals surface area contributed by atoms with Gasteiger partial charge in [0, 0.05) is 5.92 Å². The Labute approximate surface area is 131 Å². The first-order valence-corrected chi connectivity index (χ1v) is 7.46. The molecule has 0 heterocycles. The van der Waals surface area contributed by atoms with E-state index >= 15 is 0 Å². The van der Waals surface area contributed by atoms with Gasteiger partial charge in [0.1, 0.15) is 0 Å². The lowest BCUT2D eigenvalue weighted by Crippen LogP contribution is -2.05. The van der Waals surface area contributed by atoms with Crippen LogP contribution in [0.25, 0.3) is 0 Å². The smallest absolute Gasteiger partial charge is 0.0991 e. The molecule has 1 nitrogen and oxygen atoms in total. The lowest BCUT2D eigenvalue weighted by Gasteiger charge is -2.18. The van der Waals surface area contributed by atoms with Gasteiger partial charge in [-0.05, 0) is 35.2 Å². The maximum Gasteiger partial charge on any atom is 0.0991 e. The van der Waals surface area contributed by atoms with Crippen molar-refractivity contribution in [1.82, 2.24) is 0 Å². The number of hydrogen-bond donors (Lipinski definition) is 0. The number of benzene rings is 3. The molecule has 3 aromatic carbocycles. The second kappa shape index (κ2) is 6.74. The minimum absolute atomic E-state index is 0.302. The third-order valence-corrected chi connectivity index (χ3v) is 3.93. The Kier molecular flexibility index (Phi) is 4.32. The molecule has 1 unspecified atom stereocenters. The van der Waals surface area contributed by atoms with Gasteiger partial charge in [-0.2, -0.15) is 5.26 Å². The summed E-state index contributed by atoms with van der Waals surface area (Å²) in [5, 5.41) is 8.97. The molecule has 0 N–H and O–H groups in total. The SMILES string of the molecule is N#Cc1ccc(C(Cc2ccccc2)c2ccccc2)cc1. The van der Waals surface area contributed by atoms with Crippen molar-refractivity contribution >= 4 is 0 Å². The lowest BCUT2D eigenvalue weighted by atomic mass is 9.86. The monoisotopic (exact) mass is 283 g/mol. The molecule has 0 aliphatic rings. The standard InChI is InChI=1S/C21H17N/c22-16-18-11-13-20(14-12-18)21(19-9-5-2-6-10-19)15-17-7-3-1-4-8-17/h1-14,21H,15H2. The molecule has 22 heavy (non-hydrogen) atoms. The summed E-state index contributed by atoms with van der Waals surface area (Å²) in [4.78, 5) is 0. The van der Waals surface area contributed by atoms with Crippen LogP contribution in [0, 0.1) is 11.3 Å². The van der Waals surface area contributed by atoms with E-state index in [0.29, 0.717) is 11.5 Å². The fraction of sp³-hybridized carbons (Fsp3) is 0.0952. The van der Waals surface area contributed by atoms with E-state index in [9.17, 15) is 0 Å². The van der Waals surface area contributed by atoms with Crippen LogP contribution < -0.4 is 0 Å². The van der Waals surface area contributed by atoms with Crippen LogP contribution in [0.5, 0.6) is 0 Å². The molecule has 0 fully saturated rings. The fourth-order valence-electron chi connectivity index (χ4n) is 2.75. The predicted octanol–water partition coefficient (Wildman–Crippen LogP) is 4.93. The maximum atomic E-state index is 8.97. The fourth-order valence-corrected chi connectivity index (χ4v) is 2.75. The summed E-state index contributed by atoms with van der Waals surface area (Å²) >= 11 is 0. The van der Waals surface area contributed by atoms with Gasteiger partial charge < -0.3 is 0 Å². The van der Waals surface area contributed by atoms with Gasteiger partial charge in [0.2, 0.25) is 0 Å². The molecule has 0 amide bonds. The summed E-state index contributed by atoms with van der Waals surface area (Å²) < 4.78 is 0. The van der Waals surface area contributed by atoms with Gasteiger partial charge in [-0.1, -0.05) is 72.8 Å². The molecule has 106 valence electrons. The molecule has 1 heteroatoms. The predicted molar refractivity (Wildman–Crippen MR) is 89.6 cm³/mol. The van der Waals surface area contributed by atoms with E-state index in [-0.39, 0.29) is 0 Å².